The lowest BCUT2D eigenvalue weighted by molar-refractivity contribution is -0.250. The van der Waals surface area contributed by atoms with Crippen molar-refractivity contribution in [2.45, 2.75) is 38.3 Å². The summed E-state index contributed by atoms with van der Waals surface area (Å²) in [6.45, 7) is 4.07. The number of rotatable bonds is 8. The van der Waals surface area contributed by atoms with E-state index in [2.05, 4.69) is 0 Å². The van der Waals surface area contributed by atoms with Crippen LogP contribution < -0.4 is 0 Å². The highest BCUT2D eigenvalue weighted by molar-refractivity contribution is 5.82. The minimum Gasteiger partial charge on any atom is -0.454 e. The lowest BCUT2D eigenvalue weighted by Gasteiger charge is -2.40. The van der Waals surface area contributed by atoms with Crippen LogP contribution in [0.25, 0.3) is 0 Å². The third-order valence-corrected chi connectivity index (χ3v) is 3.01. The Labute approximate surface area is 125 Å². The minimum atomic E-state index is -0.584. The molecule has 1 rings (SSSR count). The average Bonchev–Trinajstić information content (AvgIpc) is 2.47. The van der Waals surface area contributed by atoms with Crippen molar-refractivity contribution in [2.75, 3.05) is 34.4 Å². The Morgan fingerprint density at radius 3 is 2.48 bits per heavy atom. The van der Waals surface area contributed by atoms with Gasteiger partial charge >= 0.3 is 5.97 Å². The Morgan fingerprint density at radius 2 is 1.86 bits per heavy atom. The van der Waals surface area contributed by atoms with Crippen molar-refractivity contribution < 1.29 is 33.2 Å². The molecule has 0 amide bonds. The largest absolute Gasteiger partial charge is 0.454 e. The molecule has 0 saturated carbocycles. The van der Waals surface area contributed by atoms with E-state index in [1.807, 2.05) is 6.92 Å². The maximum absolute atomic E-state index is 11.7. The number of hydrogen-bond donors (Lipinski definition) is 0. The number of hydrogen-bond acceptors (Lipinski definition) is 7. The van der Waals surface area contributed by atoms with Gasteiger partial charge < -0.3 is 28.4 Å². The zero-order valence-corrected chi connectivity index (χ0v) is 12.9. The molecule has 0 aromatic carbocycles. The lowest BCUT2D eigenvalue weighted by atomic mass is 10.0. The Morgan fingerprint density at radius 1 is 1.19 bits per heavy atom. The predicted octanol–water partition coefficient (Wildman–Crippen LogP) is 0.871. The van der Waals surface area contributed by atoms with Gasteiger partial charge in [0.2, 0.25) is 0 Å². The zero-order chi connectivity index (χ0) is 15.7. The van der Waals surface area contributed by atoms with Gasteiger partial charge in [0.25, 0.3) is 0 Å². The molecule has 1 saturated heterocycles. The van der Waals surface area contributed by atoms with E-state index in [4.69, 9.17) is 28.4 Å². The fraction of sp³-hybridized carbons (Fsp3) is 0.786. The third kappa shape index (κ3) is 5.72. The van der Waals surface area contributed by atoms with Crippen LogP contribution in [0.3, 0.4) is 0 Å². The predicted molar refractivity (Wildman–Crippen MR) is 73.6 cm³/mol. The zero-order valence-electron chi connectivity index (χ0n) is 12.9. The normalized spacial score (nSPS) is 29.7. The summed E-state index contributed by atoms with van der Waals surface area (Å²) >= 11 is 0. The van der Waals surface area contributed by atoms with Gasteiger partial charge in [-0.25, -0.2) is 4.79 Å². The van der Waals surface area contributed by atoms with Gasteiger partial charge in [-0.1, -0.05) is 6.08 Å². The maximum atomic E-state index is 11.7. The van der Waals surface area contributed by atoms with Crippen LogP contribution in [0.15, 0.2) is 12.2 Å². The van der Waals surface area contributed by atoms with Gasteiger partial charge in [0.05, 0.1) is 12.7 Å². The number of carbonyl (C=O) groups excluding carboxylic acids is 1. The topological polar surface area (TPSA) is 72.5 Å². The molecule has 0 radical (unpaired) electrons. The van der Waals surface area contributed by atoms with E-state index in [0.29, 0.717) is 6.61 Å². The number of methoxy groups -OCH3 is 2. The molecular weight excluding hydrogens is 280 g/mol. The van der Waals surface area contributed by atoms with Crippen LogP contribution in [0.4, 0.5) is 0 Å². The smallest absolute Gasteiger partial charge is 0.330 e. The summed E-state index contributed by atoms with van der Waals surface area (Å²) in [4.78, 5) is 11.7. The van der Waals surface area contributed by atoms with Crippen molar-refractivity contribution in [1.82, 2.24) is 0 Å². The molecular formula is C14H24O7. The first-order valence-electron chi connectivity index (χ1n) is 6.80. The third-order valence-electron chi connectivity index (χ3n) is 3.01. The number of allylic oxidation sites excluding steroid dienone is 1. The van der Waals surface area contributed by atoms with Gasteiger partial charge in [0.15, 0.2) is 6.10 Å². The molecule has 0 unspecified atom stereocenters. The van der Waals surface area contributed by atoms with Crippen LogP contribution in [0.2, 0.25) is 0 Å². The summed E-state index contributed by atoms with van der Waals surface area (Å²) in [6.07, 6.45) is 1.18. The number of esters is 1. The van der Waals surface area contributed by atoms with Crippen molar-refractivity contribution in [1.29, 1.82) is 0 Å². The van der Waals surface area contributed by atoms with E-state index in [-0.39, 0.29) is 19.7 Å². The molecule has 7 nitrogen and oxygen atoms in total. The Bertz CT molecular complexity index is 329. The number of ether oxygens (including phenoxy) is 6. The molecule has 122 valence electrons. The van der Waals surface area contributed by atoms with Gasteiger partial charge in [-0.2, -0.15) is 0 Å². The highest BCUT2D eigenvalue weighted by atomic mass is 16.7. The van der Waals surface area contributed by atoms with E-state index in [1.54, 1.807) is 13.0 Å². The van der Waals surface area contributed by atoms with E-state index < -0.39 is 24.3 Å². The van der Waals surface area contributed by atoms with Gasteiger partial charge in [-0.15, -0.1) is 0 Å². The van der Waals surface area contributed by atoms with E-state index >= 15 is 0 Å². The molecule has 1 aliphatic heterocycles. The molecule has 0 aliphatic carbocycles. The second-order valence-electron chi connectivity index (χ2n) is 4.59. The van der Waals surface area contributed by atoms with Crippen LogP contribution in [-0.4, -0.2) is 64.8 Å². The maximum Gasteiger partial charge on any atom is 0.330 e. The standard InChI is InChI=1S/C14H24O7/c1-5-6-12(15)21-13-10(2)18-7-11(19-8-16-3)14(13)20-9-17-4/h5-6,10-11,13-14H,7-9H2,1-4H3/b6-5-/t10-,11+,13+,14-/m1/s1. The summed E-state index contributed by atoms with van der Waals surface area (Å²) in [7, 11) is 3.05. The van der Waals surface area contributed by atoms with Crippen molar-refractivity contribution in [3.63, 3.8) is 0 Å². The molecule has 21 heavy (non-hydrogen) atoms. The van der Waals surface area contributed by atoms with Crippen molar-refractivity contribution in [3.8, 4) is 0 Å². The fourth-order valence-corrected chi connectivity index (χ4v) is 2.03. The fourth-order valence-electron chi connectivity index (χ4n) is 2.03. The highest BCUT2D eigenvalue weighted by Crippen LogP contribution is 2.23. The van der Waals surface area contributed by atoms with Crippen LogP contribution in [-0.2, 0) is 33.2 Å². The minimum absolute atomic E-state index is 0.0713. The molecule has 4 atom stereocenters. The molecule has 1 aliphatic rings. The molecule has 0 aromatic heterocycles. The molecule has 0 aromatic rings. The van der Waals surface area contributed by atoms with Gasteiger partial charge in [0, 0.05) is 20.3 Å². The molecule has 7 heteroatoms. The molecule has 1 fully saturated rings. The SMILES string of the molecule is C/C=C\C(=O)O[C@@H]1[C@H](OCOC)[C@@H](OCOC)CO[C@@H]1C. The Hall–Kier alpha value is -0.990. The summed E-state index contributed by atoms with van der Waals surface area (Å²) in [5.74, 6) is -0.448. The van der Waals surface area contributed by atoms with Crippen LogP contribution >= 0.6 is 0 Å². The van der Waals surface area contributed by atoms with Gasteiger partial charge in [-0.05, 0) is 13.8 Å². The monoisotopic (exact) mass is 304 g/mol. The Balaban J connectivity index is 2.77. The van der Waals surface area contributed by atoms with Crippen LogP contribution in [0, 0.1) is 0 Å². The van der Waals surface area contributed by atoms with Gasteiger partial charge in [-0.3, -0.25) is 0 Å². The second-order valence-corrected chi connectivity index (χ2v) is 4.59. The van der Waals surface area contributed by atoms with Crippen LogP contribution in [0.1, 0.15) is 13.8 Å². The number of carbonyl (C=O) groups is 1. The van der Waals surface area contributed by atoms with Crippen molar-refractivity contribution in [3.05, 3.63) is 12.2 Å². The van der Waals surface area contributed by atoms with Crippen molar-refractivity contribution >= 4 is 5.97 Å². The molecule has 0 N–H and O–H groups in total. The first-order chi connectivity index (χ1) is 10.1. The van der Waals surface area contributed by atoms with Gasteiger partial charge in [0.1, 0.15) is 25.8 Å². The lowest BCUT2D eigenvalue weighted by Crippen LogP contribution is -2.56. The first kappa shape index (κ1) is 18.1. The quantitative estimate of drug-likeness (QED) is 0.374. The first-order valence-corrected chi connectivity index (χ1v) is 6.80. The Kier molecular flexibility index (Phi) is 8.48. The summed E-state index contributed by atoms with van der Waals surface area (Å²) in [5, 5.41) is 0. The summed E-state index contributed by atoms with van der Waals surface area (Å²) in [5.41, 5.74) is 0. The van der Waals surface area contributed by atoms with E-state index in [0.717, 1.165) is 0 Å². The molecule has 1 heterocycles. The highest BCUT2D eigenvalue weighted by Gasteiger charge is 2.42. The van der Waals surface area contributed by atoms with Crippen molar-refractivity contribution in [2.24, 2.45) is 0 Å². The molecule has 0 spiro atoms. The second kappa shape index (κ2) is 9.86. The summed E-state index contributed by atoms with van der Waals surface area (Å²) in [6, 6.07) is 0. The molecule has 0 bridgehead atoms. The van der Waals surface area contributed by atoms with E-state index in [9.17, 15) is 4.79 Å². The average molecular weight is 304 g/mol. The summed E-state index contributed by atoms with van der Waals surface area (Å²) < 4.78 is 32.0. The van der Waals surface area contributed by atoms with E-state index in [1.165, 1.54) is 20.3 Å². The van der Waals surface area contributed by atoms with Crippen LogP contribution in [0.5, 0.6) is 0 Å².